The number of nitrogens with zero attached hydrogens (tertiary/aromatic N) is 2. The van der Waals surface area contributed by atoms with Gasteiger partial charge in [-0.15, -0.1) is 0 Å². The summed E-state index contributed by atoms with van der Waals surface area (Å²) in [5.74, 6) is 1.45. The molecule has 156 valence electrons. The Kier molecular flexibility index (Phi) is 5.53. The van der Waals surface area contributed by atoms with Crippen LogP contribution in [0, 0.1) is 22.7 Å². The van der Waals surface area contributed by atoms with Gasteiger partial charge in [0.05, 0.1) is 11.1 Å². The topological polar surface area (TPSA) is 118 Å². The van der Waals surface area contributed by atoms with Crippen LogP contribution >= 0.6 is 0 Å². The summed E-state index contributed by atoms with van der Waals surface area (Å²) in [6.07, 6.45) is 6.05. The van der Waals surface area contributed by atoms with E-state index in [1.807, 2.05) is 42.5 Å². The summed E-state index contributed by atoms with van der Waals surface area (Å²) >= 11 is 0. The van der Waals surface area contributed by atoms with Crippen LogP contribution in [0.4, 0.5) is 11.4 Å². The Morgan fingerprint density at radius 2 is 1.44 bits per heavy atom. The summed E-state index contributed by atoms with van der Waals surface area (Å²) in [6.45, 7) is 0. The van der Waals surface area contributed by atoms with Crippen LogP contribution in [0.2, 0.25) is 0 Å². The van der Waals surface area contributed by atoms with Gasteiger partial charge in [-0.2, -0.15) is 10.5 Å². The van der Waals surface area contributed by atoms with E-state index in [1.54, 1.807) is 42.5 Å². The Labute approximate surface area is 186 Å². The first-order valence-corrected chi connectivity index (χ1v) is 9.94. The molecule has 0 bridgehead atoms. The molecule has 1 unspecified atom stereocenters. The Hall–Kier alpha value is -4.68. The molecule has 0 radical (unpaired) electrons. The molecule has 6 heteroatoms. The molecule has 1 aliphatic rings. The minimum atomic E-state index is -0.838. The van der Waals surface area contributed by atoms with Crippen LogP contribution in [0.3, 0.4) is 0 Å². The van der Waals surface area contributed by atoms with Gasteiger partial charge < -0.3 is 20.9 Å². The molecule has 4 N–H and O–H groups in total. The van der Waals surface area contributed by atoms with Gasteiger partial charge in [-0.3, -0.25) is 0 Å². The number of nitrogens with two attached hydrogens (primary N) is 2. The van der Waals surface area contributed by atoms with Crippen LogP contribution in [0.5, 0.6) is 11.5 Å². The van der Waals surface area contributed by atoms with Crippen molar-refractivity contribution in [2.24, 2.45) is 0 Å². The summed E-state index contributed by atoms with van der Waals surface area (Å²) in [7, 11) is 0. The van der Waals surface area contributed by atoms with Crippen molar-refractivity contribution in [1.29, 1.82) is 10.5 Å². The first-order chi connectivity index (χ1) is 15.5. The highest BCUT2D eigenvalue weighted by Crippen LogP contribution is 2.38. The molecule has 0 saturated heterocycles. The van der Waals surface area contributed by atoms with Gasteiger partial charge in [0.2, 0.25) is 0 Å². The Bertz CT molecular complexity index is 1300. The molecule has 0 heterocycles. The lowest BCUT2D eigenvalue weighted by molar-refractivity contribution is 0.119. The lowest BCUT2D eigenvalue weighted by atomic mass is 9.86. The molecule has 0 amide bonds. The molecule has 0 aliphatic heterocycles. The van der Waals surface area contributed by atoms with Gasteiger partial charge >= 0.3 is 0 Å². The Balaban J connectivity index is 1.66. The van der Waals surface area contributed by atoms with E-state index >= 15 is 0 Å². The largest absolute Gasteiger partial charge is 0.477 e. The van der Waals surface area contributed by atoms with Crippen molar-refractivity contribution in [3.8, 4) is 23.6 Å². The summed E-state index contributed by atoms with van der Waals surface area (Å²) in [6, 6.07) is 23.9. The zero-order valence-corrected chi connectivity index (χ0v) is 17.2. The predicted octanol–water partition coefficient (Wildman–Crippen LogP) is 4.79. The average Bonchev–Trinajstić information content (AvgIpc) is 2.83. The monoisotopic (exact) mass is 420 g/mol. The van der Waals surface area contributed by atoms with Crippen LogP contribution in [-0.4, -0.2) is 0 Å². The van der Waals surface area contributed by atoms with E-state index in [2.05, 4.69) is 12.1 Å². The third-order valence-electron chi connectivity index (χ3n) is 5.15. The highest BCUT2D eigenvalue weighted by atomic mass is 16.5. The molecule has 1 atom stereocenters. The third-order valence-corrected chi connectivity index (χ3v) is 5.15. The van der Waals surface area contributed by atoms with E-state index in [1.165, 1.54) is 0 Å². The van der Waals surface area contributed by atoms with Crippen molar-refractivity contribution >= 4 is 11.4 Å². The first kappa shape index (κ1) is 20.6. The maximum Gasteiger partial charge on any atom is 0.156 e. The highest BCUT2D eigenvalue weighted by molar-refractivity contribution is 5.55. The van der Waals surface area contributed by atoms with Crippen molar-refractivity contribution in [3.05, 3.63) is 107 Å². The van der Waals surface area contributed by atoms with Gasteiger partial charge in [0.25, 0.3) is 0 Å². The van der Waals surface area contributed by atoms with Gasteiger partial charge in [-0.05, 0) is 60.2 Å². The van der Waals surface area contributed by atoms with Crippen LogP contribution in [0.25, 0.3) is 0 Å². The van der Waals surface area contributed by atoms with E-state index < -0.39 is 5.60 Å². The molecular weight excluding hydrogens is 400 g/mol. The molecule has 0 fully saturated rings. The summed E-state index contributed by atoms with van der Waals surface area (Å²) < 4.78 is 12.4. The first-order valence-electron chi connectivity index (χ1n) is 9.94. The van der Waals surface area contributed by atoms with Crippen LogP contribution in [0.15, 0.2) is 90.7 Å². The summed E-state index contributed by atoms with van der Waals surface area (Å²) in [4.78, 5) is 0. The van der Waals surface area contributed by atoms with Crippen LogP contribution < -0.4 is 20.9 Å². The lowest BCUT2D eigenvalue weighted by Gasteiger charge is -2.34. The molecule has 3 aromatic rings. The number of ether oxygens (including phenoxy) is 2. The lowest BCUT2D eigenvalue weighted by Crippen LogP contribution is -2.32. The van der Waals surface area contributed by atoms with E-state index in [0.717, 1.165) is 5.56 Å². The molecule has 1 aliphatic carbocycles. The molecule has 0 aromatic heterocycles. The second-order valence-electron chi connectivity index (χ2n) is 7.34. The maximum atomic E-state index is 9.53. The molecule has 3 aromatic carbocycles. The zero-order chi connectivity index (χ0) is 22.6. The van der Waals surface area contributed by atoms with E-state index in [9.17, 15) is 10.5 Å². The quantitative estimate of drug-likeness (QED) is 0.573. The van der Waals surface area contributed by atoms with Crippen molar-refractivity contribution in [1.82, 2.24) is 0 Å². The van der Waals surface area contributed by atoms with E-state index in [4.69, 9.17) is 20.9 Å². The smallest absolute Gasteiger partial charge is 0.156 e. The number of nitriles is 2. The van der Waals surface area contributed by atoms with E-state index in [-0.39, 0.29) is 0 Å². The Morgan fingerprint density at radius 3 is 2.03 bits per heavy atom. The number of hydrogen-bond donors (Lipinski definition) is 2. The van der Waals surface area contributed by atoms with Gasteiger partial charge in [0.15, 0.2) is 5.60 Å². The fraction of sp³-hybridized carbons (Fsp3) is 0.0769. The minimum absolute atomic E-state index is 0.357. The average molecular weight is 420 g/mol. The van der Waals surface area contributed by atoms with Crippen molar-refractivity contribution < 1.29 is 9.47 Å². The van der Waals surface area contributed by atoms with Crippen molar-refractivity contribution in [2.45, 2.75) is 12.0 Å². The summed E-state index contributed by atoms with van der Waals surface area (Å²) in [5.41, 5.74) is 13.4. The van der Waals surface area contributed by atoms with Crippen LogP contribution in [-0.2, 0) is 5.60 Å². The van der Waals surface area contributed by atoms with Crippen molar-refractivity contribution in [2.75, 3.05) is 11.5 Å². The molecule has 4 rings (SSSR count). The number of benzene rings is 3. The standard InChI is InChI=1S/C26H20N4O2/c27-16-18-14-21(29)6-8-24(18)31-23-10-12-26(13-11-23,20-4-2-1-3-5-20)32-25-9-7-22(30)15-19(25)17-28/h1-12,14-15H,13,29-30H2. The highest BCUT2D eigenvalue weighted by Gasteiger charge is 2.34. The van der Waals surface area contributed by atoms with Crippen LogP contribution in [0.1, 0.15) is 23.1 Å². The minimum Gasteiger partial charge on any atom is -0.477 e. The number of rotatable bonds is 5. The predicted molar refractivity (Wildman–Crippen MR) is 122 cm³/mol. The van der Waals surface area contributed by atoms with Gasteiger partial charge in [-0.1, -0.05) is 30.3 Å². The number of allylic oxidation sites excluding steroid dienone is 1. The maximum absolute atomic E-state index is 9.53. The van der Waals surface area contributed by atoms with E-state index in [0.29, 0.717) is 46.2 Å². The second kappa shape index (κ2) is 8.59. The number of nitrogen functional groups attached to an aromatic ring is 2. The summed E-state index contributed by atoms with van der Waals surface area (Å²) in [5, 5.41) is 18.9. The normalized spacial score (nSPS) is 17.0. The Morgan fingerprint density at radius 1 is 0.812 bits per heavy atom. The fourth-order valence-corrected chi connectivity index (χ4v) is 3.52. The molecular formula is C26H20N4O2. The molecule has 6 nitrogen and oxygen atoms in total. The molecule has 0 saturated carbocycles. The fourth-order valence-electron chi connectivity index (χ4n) is 3.52. The van der Waals surface area contributed by atoms with Gasteiger partial charge in [0, 0.05) is 17.8 Å². The third kappa shape index (κ3) is 4.12. The SMILES string of the molecule is N#Cc1cc(N)ccc1OC1=CCC(Oc2ccc(N)cc2C#N)(c2ccccc2)C=C1. The second-order valence-corrected chi connectivity index (χ2v) is 7.34. The zero-order valence-electron chi connectivity index (χ0n) is 17.2. The molecule has 0 spiro atoms. The van der Waals surface area contributed by atoms with Gasteiger partial charge in [0.1, 0.15) is 29.4 Å². The number of hydrogen-bond acceptors (Lipinski definition) is 6. The number of anilines is 2. The molecule has 32 heavy (non-hydrogen) atoms. The van der Waals surface area contributed by atoms with Gasteiger partial charge in [-0.25, -0.2) is 0 Å². The van der Waals surface area contributed by atoms with Crippen molar-refractivity contribution in [3.63, 3.8) is 0 Å².